The van der Waals surface area contributed by atoms with Crippen molar-refractivity contribution in [3.63, 3.8) is 0 Å². The van der Waals surface area contributed by atoms with Gasteiger partial charge in [0.25, 0.3) is 0 Å². The van der Waals surface area contributed by atoms with E-state index in [1.165, 1.54) is 92.7 Å². The number of nitrogens with zero attached hydrogens (tertiary/aromatic N) is 3. The molecule has 0 saturated carbocycles. The van der Waals surface area contributed by atoms with Crippen LogP contribution in [0.2, 0.25) is 0 Å². The third kappa shape index (κ3) is 4.44. The molecule has 0 saturated heterocycles. The van der Waals surface area contributed by atoms with Gasteiger partial charge in [-0.25, -0.2) is 0 Å². The number of anilines is 2. The molecule has 2 aliphatic heterocycles. The summed E-state index contributed by atoms with van der Waals surface area (Å²) in [7, 11) is 0. The smallest absolute Gasteiger partial charge is 0.0765 e. The van der Waals surface area contributed by atoms with Crippen molar-refractivity contribution in [1.29, 1.82) is 0 Å². The van der Waals surface area contributed by atoms with Crippen LogP contribution in [-0.4, -0.2) is 9.13 Å². The first-order valence-electron chi connectivity index (χ1n) is 20.6. The number of fused-ring (bicyclic) bond motifs is 15. The highest BCUT2D eigenvalue weighted by molar-refractivity contribution is 7.99. The van der Waals surface area contributed by atoms with Crippen LogP contribution in [-0.2, 0) is 5.41 Å². The van der Waals surface area contributed by atoms with Gasteiger partial charge in [0, 0.05) is 54.1 Å². The van der Waals surface area contributed by atoms with Crippen molar-refractivity contribution >= 4 is 66.7 Å². The summed E-state index contributed by atoms with van der Waals surface area (Å²) in [6, 6.07) is 68.1. The van der Waals surface area contributed by atoms with Crippen molar-refractivity contribution in [1.82, 2.24) is 9.13 Å². The fourth-order valence-corrected chi connectivity index (χ4v) is 12.0. The van der Waals surface area contributed by atoms with Gasteiger partial charge >= 0.3 is 0 Å². The fourth-order valence-electron chi connectivity index (χ4n) is 10.7. The third-order valence-corrected chi connectivity index (χ3v) is 14.2. The van der Waals surface area contributed by atoms with Crippen molar-refractivity contribution < 1.29 is 0 Å². The Morgan fingerprint density at radius 3 is 1.92 bits per heavy atom. The summed E-state index contributed by atoms with van der Waals surface area (Å²) in [5.74, 6) is 0. The SMILES string of the molecule is C1=CCCC(N(c2ccccc2)c2ccc(-n3c4ccccc4c4ccc5c(c43)Sc3ccccc3C53c4ccccc4-n4c5ccccc5c5cccc3c54)cc2)=C1. The topological polar surface area (TPSA) is 13.1 Å². The Labute approximate surface area is 346 Å². The Bertz CT molecular complexity index is 3420. The first kappa shape index (κ1) is 33.0. The minimum absolute atomic E-state index is 0.546. The van der Waals surface area contributed by atoms with E-state index >= 15 is 0 Å². The number of allylic oxidation sites excluding steroid dienone is 4. The Hall–Kier alpha value is -7.01. The van der Waals surface area contributed by atoms with Crippen molar-refractivity contribution in [3.8, 4) is 11.4 Å². The van der Waals surface area contributed by atoms with Gasteiger partial charge in [-0.05, 0) is 102 Å². The lowest BCUT2D eigenvalue weighted by atomic mass is 9.62. The molecule has 1 aliphatic carbocycles. The number of benzene rings is 8. The molecule has 4 heterocycles. The van der Waals surface area contributed by atoms with Crippen LogP contribution in [0.4, 0.5) is 11.4 Å². The van der Waals surface area contributed by atoms with E-state index < -0.39 is 5.41 Å². The van der Waals surface area contributed by atoms with Crippen LogP contribution in [0.15, 0.2) is 216 Å². The second-order valence-corrected chi connectivity index (χ2v) is 17.0. The molecule has 0 amide bonds. The van der Waals surface area contributed by atoms with Gasteiger partial charge < -0.3 is 14.0 Å². The minimum Gasteiger partial charge on any atom is -0.314 e. The molecule has 59 heavy (non-hydrogen) atoms. The molecule has 2 aromatic heterocycles. The molecule has 13 rings (SSSR count). The molecule has 0 radical (unpaired) electrons. The Balaban J connectivity index is 1.11. The molecular weight excluding hydrogens is 735 g/mol. The van der Waals surface area contributed by atoms with E-state index in [0.717, 1.165) is 24.2 Å². The highest BCUT2D eigenvalue weighted by Gasteiger charge is 2.50. The van der Waals surface area contributed by atoms with Crippen molar-refractivity contribution in [2.45, 2.75) is 28.0 Å². The van der Waals surface area contributed by atoms with E-state index in [1.54, 1.807) is 0 Å². The zero-order valence-corrected chi connectivity index (χ0v) is 33.0. The van der Waals surface area contributed by atoms with Gasteiger partial charge in [0.15, 0.2) is 0 Å². The Kier molecular flexibility index (Phi) is 6.99. The largest absolute Gasteiger partial charge is 0.314 e. The van der Waals surface area contributed by atoms with E-state index in [2.05, 4.69) is 214 Å². The number of hydrogen-bond acceptors (Lipinski definition) is 2. The maximum absolute atomic E-state index is 2.53. The summed E-state index contributed by atoms with van der Waals surface area (Å²) in [5, 5.41) is 5.12. The van der Waals surface area contributed by atoms with Gasteiger partial charge in [-0.15, -0.1) is 0 Å². The predicted molar refractivity (Wildman–Crippen MR) is 246 cm³/mol. The van der Waals surface area contributed by atoms with Crippen LogP contribution >= 0.6 is 11.8 Å². The summed E-state index contributed by atoms with van der Waals surface area (Å²) >= 11 is 1.93. The summed E-state index contributed by atoms with van der Waals surface area (Å²) in [6.07, 6.45) is 8.76. The normalized spacial score (nSPS) is 16.4. The lowest BCUT2D eigenvalue weighted by Gasteiger charge is -2.45. The van der Waals surface area contributed by atoms with Gasteiger partial charge in [-0.3, -0.25) is 0 Å². The van der Waals surface area contributed by atoms with Gasteiger partial charge in [0.2, 0.25) is 0 Å². The quantitative estimate of drug-likeness (QED) is 0.177. The maximum Gasteiger partial charge on any atom is 0.0765 e. The zero-order valence-electron chi connectivity index (χ0n) is 32.2. The maximum atomic E-state index is 2.53. The van der Waals surface area contributed by atoms with Gasteiger partial charge in [-0.1, -0.05) is 145 Å². The lowest BCUT2D eigenvalue weighted by Crippen LogP contribution is -2.37. The number of aromatic nitrogens is 2. The van der Waals surface area contributed by atoms with E-state index in [0.29, 0.717) is 0 Å². The molecule has 0 bridgehead atoms. The molecule has 1 unspecified atom stereocenters. The van der Waals surface area contributed by atoms with Crippen molar-refractivity contribution in [2.24, 2.45) is 0 Å². The lowest BCUT2D eigenvalue weighted by molar-refractivity contribution is 0.691. The third-order valence-electron chi connectivity index (χ3n) is 13.0. The summed E-state index contributed by atoms with van der Waals surface area (Å²) in [5.41, 5.74) is 15.8. The monoisotopic (exact) mass is 771 g/mol. The van der Waals surface area contributed by atoms with Crippen molar-refractivity contribution in [2.75, 3.05) is 4.90 Å². The van der Waals surface area contributed by atoms with Crippen LogP contribution in [0.1, 0.15) is 35.1 Å². The van der Waals surface area contributed by atoms with Crippen LogP contribution < -0.4 is 4.90 Å². The second kappa shape index (κ2) is 12.5. The minimum atomic E-state index is -0.546. The highest BCUT2D eigenvalue weighted by Crippen LogP contribution is 2.62. The molecule has 4 heteroatoms. The Morgan fingerprint density at radius 1 is 0.475 bits per heavy atom. The first-order valence-corrected chi connectivity index (χ1v) is 21.4. The standard InChI is InChI=1S/C55H37N3S/c1-3-16-36(17-4-1)56(37-18-5-2-6-19-37)38-30-32-39(33-31-38)57-48-26-11-7-21-41(48)43-34-35-47-54(53(43)57)59-51-29-14-10-24-45(51)55(47)44-23-9-13-28-50(44)58-49-27-12-8-20-40(49)42-22-15-25-46(55)52(42)58/h1-5,7-18,20-35H,6,19H2. The molecule has 1 spiro atoms. The molecule has 1 atom stereocenters. The highest BCUT2D eigenvalue weighted by atomic mass is 32.2. The average molecular weight is 772 g/mol. The second-order valence-electron chi connectivity index (χ2n) is 15.9. The van der Waals surface area contributed by atoms with Gasteiger partial charge in [-0.2, -0.15) is 0 Å². The summed E-state index contributed by atoms with van der Waals surface area (Å²) in [4.78, 5) is 5.02. The van der Waals surface area contributed by atoms with Crippen LogP contribution in [0.5, 0.6) is 0 Å². The van der Waals surface area contributed by atoms with E-state index in [-0.39, 0.29) is 0 Å². The molecular formula is C55H37N3S. The zero-order chi connectivity index (χ0) is 38.7. The Morgan fingerprint density at radius 2 is 1.12 bits per heavy atom. The van der Waals surface area contributed by atoms with Crippen LogP contribution in [0.25, 0.3) is 55.0 Å². The molecule has 3 aliphatic rings. The van der Waals surface area contributed by atoms with Gasteiger partial charge in [0.05, 0.1) is 33.2 Å². The van der Waals surface area contributed by atoms with Crippen LogP contribution in [0, 0.1) is 0 Å². The molecule has 10 aromatic rings. The summed E-state index contributed by atoms with van der Waals surface area (Å²) in [6.45, 7) is 0. The summed E-state index contributed by atoms with van der Waals surface area (Å²) < 4.78 is 5.06. The fraction of sp³-hybridized carbons (Fsp3) is 0.0545. The molecule has 8 aromatic carbocycles. The molecule has 0 N–H and O–H groups in total. The molecule has 278 valence electrons. The molecule has 3 nitrogen and oxygen atoms in total. The first-order chi connectivity index (χ1) is 29.3. The van der Waals surface area contributed by atoms with E-state index in [4.69, 9.17) is 0 Å². The average Bonchev–Trinajstić information content (AvgIpc) is 3.83. The van der Waals surface area contributed by atoms with Crippen molar-refractivity contribution in [3.05, 3.63) is 228 Å². The molecule has 0 fully saturated rings. The van der Waals surface area contributed by atoms with E-state index in [9.17, 15) is 0 Å². The number of rotatable bonds is 4. The van der Waals surface area contributed by atoms with E-state index in [1.807, 2.05) is 11.8 Å². The predicted octanol–water partition coefficient (Wildman–Crippen LogP) is 14.4. The van der Waals surface area contributed by atoms with Gasteiger partial charge in [0.1, 0.15) is 0 Å². The number of hydrogen-bond donors (Lipinski definition) is 0. The van der Waals surface area contributed by atoms with Crippen LogP contribution in [0.3, 0.4) is 0 Å². The number of para-hydroxylation sites is 5.